The average molecular weight is 305 g/mol. The van der Waals surface area contributed by atoms with E-state index in [2.05, 4.69) is 35.6 Å². The van der Waals surface area contributed by atoms with E-state index < -0.39 is 0 Å². The maximum atomic E-state index is 10.1. The minimum Gasteiger partial charge on any atom is -0.394 e. The van der Waals surface area contributed by atoms with Crippen LogP contribution in [-0.2, 0) is 5.54 Å². The van der Waals surface area contributed by atoms with Crippen molar-refractivity contribution in [3.05, 3.63) is 35.9 Å². The molecule has 1 unspecified atom stereocenters. The van der Waals surface area contributed by atoms with E-state index in [0.717, 1.165) is 11.7 Å². The van der Waals surface area contributed by atoms with Crippen LogP contribution in [0.15, 0.2) is 30.3 Å². The number of benzene rings is 1. The van der Waals surface area contributed by atoms with Crippen LogP contribution in [0.1, 0.15) is 44.1 Å². The number of thioether (sulfide) groups is 1. The van der Waals surface area contributed by atoms with Crippen molar-refractivity contribution in [2.45, 2.75) is 50.1 Å². The van der Waals surface area contributed by atoms with E-state index in [1.807, 2.05) is 11.8 Å². The third-order valence-electron chi connectivity index (χ3n) is 4.83. The van der Waals surface area contributed by atoms with Gasteiger partial charge in [0.25, 0.3) is 0 Å². The van der Waals surface area contributed by atoms with Crippen molar-refractivity contribution in [2.24, 2.45) is 5.92 Å². The highest BCUT2D eigenvalue weighted by Crippen LogP contribution is 2.34. The number of rotatable bonds is 8. The molecule has 0 amide bonds. The second-order valence-corrected chi connectivity index (χ2v) is 7.72. The van der Waals surface area contributed by atoms with Gasteiger partial charge in [0.1, 0.15) is 0 Å². The topological polar surface area (TPSA) is 32.3 Å². The summed E-state index contributed by atoms with van der Waals surface area (Å²) in [5, 5.41) is 13.8. The molecule has 0 saturated heterocycles. The minimum absolute atomic E-state index is 0.186. The summed E-state index contributed by atoms with van der Waals surface area (Å²) in [6.07, 6.45) is 8.13. The van der Waals surface area contributed by atoms with E-state index in [1.54, 1.807) is 0 Å². The first kappa shape index (κ1) is 15.4. The number of hydrogen-bond donors (Lipinski definition) is 2. The summed E-state index contributed by atoms with van der Waals surface area (Å²) < 4.78 is 0. The zero-order valence-electron chi connectivity index (χ0n) is 12.8. The van der Waals surface area contributed by atoms with Gasteiger partial charge in [0.2, 0.25) is 0 Å². The molecule has 0 aliphatic heterocycles. The summed E-state index contributed by atoms with van der Waals surface area (Å²) in [5.41, 5.74) is 0.976. The van der Waals surface area contributed by atoms with Crippen molar-refractivity contribution >= 4 is 11.8 Å². The molecule has 1 atom stereocenters. The summed E-state index contributed by atoms with van der Waals surface area (Å²) in [6.45, 7) is 0.186. The van der Waals surface area contributed by atoms with Gasteiger partial charge >= 0.3 is 0 Å². The highest BCUT2D eigenvalue weighted by Gasteiger charge is 2.37. The Hall–Kier alpha value is -0.510. The molecule has 0 heterocycles. The predicted octanol–water partition coefficient (Wildman–Crippen LogP) is 3.55. The van der Waals surface area contributed by atoms with E-state index in [4.69, 9.17) is 0 Å². The summed E-state index contributed by atoms with van der Waals surface area (Å²) in [6, 6.07) is 11.1. The first-order valence-electron chi connectivity index (χ1n) is 8.34. The summed E-state index contributed by atoms with van der Waals surface area (Å²) in [5.74, 6) is 3.13. The Morgan fingerprint density at radius 2 is 1.81 bits per heavy atom. The molecule has 3 rings (SSSR count). The Morgan fingerprint density at radius 1 is 1.10 bits per heavy atom. The van der Waals surface area contributed by atoms with Gasteiger partial charge in [-0.15, -0.1) is 0 Å². The molecule has 2 aliphatic carbocycles. The summed E-state index contributed by atoms with van der Waals surface area (Å²) >= 11 is 2.02. The second-order valence-electron chi connectivity index (χ2n) is 6.69. The van der Waals surface area contributed by atoms with Crippen LogP contribution in [0.2, 0.25) is 0 Å². The highest BCUT2D eigenvalue weighted by atomic mass is 32.2. The lowest BCUT2D eigenvalue weighted by Crippen LogP contribution is -2.49. The molecule has 0 spiro atoms. The number of aliphatic hydroxyl groups is 1. The van der Waals surface area contributed by atoms with Gasteiger partial charge in [0.05, 0.1) is 12.1 Å². The van der Waals surface area contributed by atoms with E-state index in [1.165, 1.54) is 49.8 Å². The van der Waals surface area contributed by atoms with Crippen LogP contribution in [0.3, 0.4) is 0 Å². The molecule has 3 heteroatoms. The molecular formula is C18H27NOS. The van der Waals surface area contributed by atoms with Crippen LogP contribution in [0.4, 0.5) is 0 Å². The van der Waals surface area contributed by atoms with E-state index in [9.17, 15) is 5.11 Å². The van der Waals surface area contributed by atoms with Gasteiger partial charge < -0.3 is 10.4 Å². The van der Waals surface area contributed by atoms with Crippen LogP contribution < -0.4 is 5.32 Å². The molecule has 1 aromatic carbocycles. The summed E-state index contributed by atoms with van der Waals surface area (Å²) in [7, 11) is 0. The molecule has 0 aromatic heterocycles. The van der Waals surface area contributed by atoms with E-state index >= 15 is 0 Å². The molecule has 2 saturated carbocycles. The monoisotopic (exact) mass is 305 g/mol. The number of hydrogen-bond acceptors (Lipinski definition) is 3. The Bertz CT molecular complexity index is 428. The Morgan fingerprint density at radius 3 is 2.43 bits per heavy atom. The lowest BCUT2D eigenvalue weighted by molar-refractivity contribution is 0.177. The van der Waals surface area contributed by atoms with Gasteiger partial charge in [-0.3, -0.25) is 0 Å². The van der Waals surface area contributed by atoms with Gasteiger partial charge in [0.15, 0.2) is 0 Å². The molecule has 2 nitrogen and oxygen atoms in total. The average Bonchev–Trinajstić information content (AvgIpc) is 3.19. The molecule has 2 N–H and O–H groups in total. The molecule has 0 bridgehead atoms. The third-order valence-corrected chi connectivity index (χ3v) is 6.23. The smallest absolute Gasteiger partial charge is 0.0762 e. The fourth-order valence-electron chi connectivity index (χ4n) is 3.34. The molecule has 2 aliphatic rings. The maximum absolute atomic E-state index is 10.1. The summed E-state index contributed by atoms with van der Waals surface area (Å²) in [4.78, 5) is 0. The fraction of sp³-hybridized carbons (Fsp3) is 0.667. The first-order valence-corrected chi connectivity index (χ1v) is 9.50. The van der Waals surface area contributed by atoms with Crippen molar-refractivity contribution in [1.29, 1.82) is 0 Å². The van der Waals surface area contributed by atoms with Gasteiger partial charge in [-0.2, -0.15) is 11.8 Å². The molecular weight excluding hydrogens is 278 g/mol. The van der Waals surface area contributed by atoms with E-state index in [-0.39, 0.29) is 12.1 Å². The van der Waals surface area contributed by atoms with Crippen molar-refractivity contribution in [3.63, 3.8) is 0 Å². The van der Waals surface area contributed by atoms with Crippen LogP contribution in [0.25, 0.3) is 0 Å². The fourth-order valence-corrected chi connectivity index (χ4v) is 4.82. The van der Waals surface area contributed by atoms with Crippen LogP contribution in [0, 0.1) is 5.92 Å². The zero-order chi connectivity index (χ0) is 14.5. The van der Waals surface area contributed by atoms with Crippen LogP contribution >= 0.6 is 11.8 Å². The SMILES string of the molecule is OCC(CSCC1CCCC1)(NC1CC1)c1ccccc1. The van der Waals surface area contributed by atoms with Gasteiger partial charge in [0, 0.05) is 11.8 Å². The quantitative estimate of drug-likeness (QED) is 0.770. The standard InChI is InChI=1S/C18H27NOS/c20-13-18(19-17-10-11-17,16-8-2-1-3-9-16)14-21-12-15-6-4-5-7-15/h1-3,8-9,15,17,19-20H,4-7,10-14H2. The van der Waals surface area contributed by atoms with Crippen LogP contribution in [-0.4, -0.2) is 29.3 Å². The zero-order valence-corrected chi connectivity index (χ0v) is 13.6. The first-order chi connectivity index (χ1) is 10.3. The molecule has 21 heavy (non-hydrogen) atoms. The number of aliphatic hydroxyl groups excluding tert-OH is 1. The van der Waals surface area contributed by atoms with E-state index in [0.29, 0.717) is 6.04 Å². The third kappa shape index (κ3) is 4.02. The van der Waals surface area contributed by atoms with Gasteiger partial charge in [-0.25, -0.2) is 0 Å². The van der Waals surface area contributed by atoms with Gasteiger partial charge in [-0.1, -0.05) is 43.2 Å². The normalized spacial score (nSPS) is 22.3. The largest absolute Gasteiger partial charge is 0.394 e. The molecule has 0 radical (unpaired) electrons. The molecule has 116 valence electrons. The number of nitrogens with one attached hydrogen (secondary N) is 1. The Labute approximate surface area is 132 Å². The van der Waals surface area contributed by atoms with Crippen LogP contribution in [0.5, 0.6) is 0 Å². The molecule has 2 fully saturated rings. The predicted molar refractivity (Wildman–Crippen MR) is 90.6 cm³/mol. The maximum Gasteiger partial charge on any atom is 0.0762 e. The van der Waals surface area contributed by atoms with Crippen molar-refractivity contribution < 1.29 is 5.11 Å². The van der Waals surface area contributed by atoms with Crippen molar-refractivity contribution in [3.8, 4) is 0 Å². The molecule has 1 aromatic rings. The highest BCUT2D eigenvalue weighted by molar-refractivity contribution is 7.99. The lowest BCUT2D eigenvalue weighted by Gasteiger charge is -2.34. The Kier molecular flexibility index (Phi) is 5.25. The second kappa shape index (κ2) is 7.17. The minimum atomic E-state index is -0.258. The van der Waals surface area contributed by atoms with Gasteiger partial charge in [-0.05, 0) is 42.9 Å². The van der Waals surface area contributed by atoms with Crippen molar-refractivity contribution in [1.82, 2.24) is 5.32 Å². The van der Waals surface area contributed by atoms with Crippen molar-refractivity contribution in [2.75, 3.05) is 18.1 Å². The Balaban J connectivity index is 1.65. The lowest BCUT2D eigenvalue weighted by atomic mass is 9.92.